The number of halogens is 1. The molecule has 0 bridgehead atoms. The Morgan fingerprint density at radius 2 is 0.433 bits per heavy atom. The number of rotatable bonds is 21. The van der Waals surface area contributed by atoms with Gasteiger partial charge in [0.25, 0.3) is 0 Å². The Hall–Kier alpha value is 0.210. The van der Waals surface area contributed by atoms with Crippen molar-refractivity contribution in [3.8, 4) is 0 Å². The first-order valence-electron chi connectivity index (χ1n) is 13.3. The highest BCUT2D eigenvalue weighted by atomic mass is 35.5. The average molecular weight is 451 g/mol. The fourth-order valence-corrected chi connectivity index (χ4v) is 3.68. The van der Waals surface area contributed by atoms with E-state index in [2.05, 4.69) is 13.8 Å². The van der Waals surface area contributed by atoms with Crippen LogP contribution in [0.1, 0.15) is 155 Å². The molecule has 0 aliphatic heterocycles. The molecule has 2 nitrogen and oxygen atoms in total. The highest BCUT2D eigenvalue weighted by Gasteiger charge is 1.95. The van der Waals surface area contributed by atoms with E-state index in [1.54, 1.807) is 0 Å². The van der Waals surface area contributed by atoms with Gasteiger partial charge >= 0.3 is 0 Å². The molecule has 3 heteroatoms. The smallest absolute Gasteiger partial charge is 0.0140 e. The summed E-state index contributed by atoms with van der Waals surface area (Å²) in [6, 6.07) is 0. The van der Waals surface area contributed by atoms with Gasteiger partial charge in [0.15, 0.2) is 0 Å². The van der Waals surface area contributed by atoms with Crippen LogP contribution in [0.3, 0.4) is 0 Å². The standard InChI is InChI=1S/C24H50.C3H9N.ClH.H3N/c1-3-5-7-9-11-13-15-17-19-21-23-24-22-20-18-16-14-12-10-8-6-4-2;1-4(2)3;;/h3-24H2,1-2H3;1-3H3;1H;1H3. The summed E-state index contributed by atoms with van der Waals surface area (Å²) in [5.74, 6) is 0. The van der Waals surface area contributed by atoms with Gasteiger partial charge in [-0.3, -0.25) is 0 Å². The second kappa shape index (κ2) is 36.6. The normalized spacial score (nSPS) is 10.2. The fraction of sp³-hybridized carbons (Fsp3) is 1.00. The predicted molar refractivity (Wildman–Crippen MR) is 145 cm³/mol. The van der Waals surface area contributed by atoms with Gasteiger partial charge in [0.05, 0.1) is 0 Å². The third-order valence-electron chi connectivity index (χ3n) is 5.46. The first kappa shape index (κ1) is 37.5. The van der Waals surface area contributed by atoms with Crippen molar-refractivity contribution >= 4 is 12.4 Å². The Bertz CT molecular complexity index is 222. The quantitative estimate of drug-likeness (QED) is 0.176. The van der Waals surface area contributed by atoms with E-state index in [4.69, 9.17) is 0 Å². The molecule has 0 amide bonds. The summed E-state index contributed by atoms with van der Waals surface area (Å²) in [5, 5.41) is 0. The van der Waals surface area contributed by atoms with Gasteiger partial charge in [-0.15, -0.1) is 12.4 Å². The maximum absolute atomic E-state index is 2.30. The van der Waals surface area contributed by atoms with Crippen LogP contribution in [0.5, 0.6) is 0 Å². The number of nitrogens with zero attached hydrogens (tertiary/aromatic N) is 1. The fourth-order valence-electron chi connectivity index (χ4n) is 3.68. The molecule has 188 valence electrons. The summed E-state index contributed by atoms with van der Waals surface area (Å²) in [5.41, 5.74) is 0. The van der Waals surface area contributed by atoms with Crippen LogP contribution in [-0.2, 0) is 0 Å². The van der Waals surface area contributed by atoms with Gasteiger partial charge in [-0.05, 0) is 21.1 Å². The van der Waals surface area contributed by atoms with E-state index in [1.807, 2.05) is 26.0 Å². The van der Waals surface area contributed by atoms with Crippen molar-refractivity contribution in [3.05, 3.63) is 0 Å². The third kappa shape index (κ3) is 46.4. The molecule has 0 aromatic heterocycles. The van der Waals surface area contributed by atoms with Gasteiger partial charge in [0.2, 0.25) is 0 Å². The van der Waals surface area contributed by atoms with E-state index in [1.165, 1.54) is 141 Å². The Balaban J connectivity index is -0.000000513. The summed E-state index contributed by atoms with van der Waals surface area (Å²) in [6.45, 7) is 4.60. The molecule has 0 radical (unpaired) electrons. The lowest BCUT2D eigenvalue weighted by Gasteiger charge is -2.04. The van der Waals surface area contributed by atoms with Gasteiger partial charge in [-0.2, -0.15) is 0 Å². The number of hydrogen-bond donors (Lipinski definition) is 1. The summed E-state index contributed by atoms with van der Waals surface area (Å²) in [7, 11) is 6.00. The molecule has 0 saturated heterocycles. The van der Waals surface area contributed by atoms with Crippen LogP contribution in [0.2, 0.25) is 0 Å². The van der Waals surface area contributed by atoms with E-state index >= 15 is 0 Å². The van der Waals surface area contributed by atoms with Crippen LogP contribution in [-0.4, -0.2) is 26.0 Å². The molecular weight excluding hydrogens is 388 g/mol. The molecule has 0 aromatic rings. The van der Waals surface area contributed by atoms with Gasteiger partial charge in [-0.1, -0.05) is 155 Å². The second-order valence-corrected chi connectivity index (χ2v) is 9.41. The van der Waals surface area contributed by atoms with Crippen LogP contribution in [0, 0.1) is 0 Å². The highest BCUT2D eigenvalue weighted by Crippen LogP contribution is 2.15. The molecule has 3 N–H and O–H groups in total. The minimum absolute atomic E-state index is 0. The van der Waals surface area contributed by atoms with E-state index in [0.717, 1.165) is 0 Å². The minimum Gasteiger partial charge on any atom is -0.344 e. The molecule has 0 heterocycles. The predicted octanol–water partition coefficient (Wildman–Crippen LogP) is 10.4. The van der Waals surface area contributed by atoms with Crippen LogP contribution >= 0.6 is 12.4 Å². The summed E-state index contributed by atoms with van der Waals surface area (Å²) < 4.78 is 0. The molecular formula is C27H63ClN2. The maximum Gasteiger partial charge on any atom is -0.0140 e. The lowest BCUT2D eigenvalue weighted by molar-refractivity contribution is 0.505. The zero-order valence-electron chi connectivity index (χ0n) is 22.1. The van der Waals surface area contributed by atoms with Crippen molar-refractivity contribution in [2.24, 2.45) is 0 Å². The lowest BCUT2D eigenvalue weighted by atomic mass is 10.0. The molecule has 0 fully saturated rings. The minimum atomic E-state index is 0. The maximum atomic E-state index is 2.30. The Morgan fingerprint density at radius 3 is 0.533 bits per heavy atom. The summed E-state index contributed by atoms with van der Waals surface area (Å²) in [4.78, 5) is 2.00. The molecule has 0 spiro atoms. The van der Waals surface area contributed by atoms with Gasteiger partial charge in [-0.25, -0.2) is 0 Å². The van der Waals surface area contributed by atoms with Crippen molar-refractivity contribution in [1.82, 2.24) is 11.1 Å². The van der Waals surface area contributed by atoms with Gasteiger partial charge < -0.3 is 11.1 Å². The van der Waals surface area contributed by atoms with Crippen LogP contribution in [0.15, 0.2) is 0 Å². The van der Waals surface area contributed by atoms with Crippen molar-refractivity contribution in [1.29, 1.82) is 0 Å². The van der Waals surface area contributed by atoms with Crippen molar-refractivity contribution < 1.29 is 0 Å². The molecule has 0 aromatic carbocycles. The van der Waals surface area contributed by atoms with Crippen molar-refractivity contribution in [2.75, 3.05) is 21.1 Å². The van der Waals surface area contributed by atoms with E-state index in [0.29, 0.717) is 0 Å². The summed E-state index contributed by atoms with van der Waals surface area (Å²) >= 11 is 0. The highest BCUT2D eigenvalue weighted by molar-refractivity contribution is 5.85. The largest absolute Gasteiger partial charge is 0.344 e. The van der Waals surface area contributed by atoms with Gasteiger partial charge in [0, 0.05) is 0 Å². The SMILES string of the molecule is CCCCCCCCCCCCCCCCCCCCCCCC.CN(C)C.Cl.N. The Labute approximate surface area is 199 Å². The monoisotopic (exact) mass is 450 g/mol. The third-order valence-corrected chi connectivity index (χ3v) is 5.46. The molecule has 0 unspecified atom stereocenters. The first-order valence-corrected chi connectivity index (χ1v) is 13.3. The Morgan fingerprint density at radius 1 is 0.333 bits per heavy atom. The lowest BCUT2D eigenvalue weighted by Crippen LogP contribution is -1.99. The van der Waals surface area contributed by atoms with E-state index in [-0.39, 0.29) is 18.6 Å². The molecule has 0 saturated carbocycles. The van der Waals surface area contributed by atoms with Crippen LogP contribution < -0.4 is 6.15 Å². The van der Waals surface area contributed by atoms with Crippen LogP contribution in [0.25, 0.3) is 0 Å². The number of hydrogen-bond acceptors (Lipinski definition) is 2. The Kier molecular flexibility index (Phi) is 45.7. The molecule has 0 aliphatic carbocycles. The topological polar surface area (TPSA) is 38.2 Å². The summed E-state index contributed by atoms with van der Waals surface area (Å²) in [6.07, 6.45) is 32.4. The van der Waals surface area contributed by atoms with E-state index < -0.39 is 0 Å². The zero-order chi connectivity index (χ0) is 21.1. The molecule has 0 aliphatic rings. The zero-order valence-corrected chi connectivity index (χ0v) is 22.9. The molecule has 0 rings (SSSR count). The molecule has 30 heavy (non-hydrogen) atoms. The second-order valence-electron chi connectivity index (χ2n) is 9.41. The van der Waals surface area contributed by atoms with E-state index in [9.17, 15) is 0 Å². The van der Waals surface area contributed by atoms with Crippen molar-refractivity contribution in [2.45, 2.75) is 155 Å². The van der Waals surface area contributed by atoms with Gasteiger partial charge in [0.1, 0.15) is 0 Å². The average Bonchev–Trinajstić information content (AvgIpc) is 2.66. The van der Waals surface area contributed by atoms with Crippen LogP contribution in [0.4, 0.5) is 0 Å². The number of unbranched alkanes of at least 4 members (excludes halogenated alkanes) is 21. The molecule has 0 atom stereocenters. The van der Waals surface area contributed by atoms with Crippen molar-refractivity contribution in [3.63, 3.8) is 0 Å². The first-order chi connectivity index (χ1) is 13.6.